The van der Waals surface area contributed by atoms with Gasteiger partial charge in [0.25, 0.3) is 5.91 Å². The van der Waals surface area contributed by atoms with E-state index in [0.29, 0.717) is 24.2 Å². The minimum Gasteiger partial charge on any atom is -0.345 e. The number of anilines is 1. The first kappa shape index (κ1) is 19.4. The summed E-state index contributed by atoms with van der Waals surface area (Å²) < 4.78 is 38.8. The molecule has 0 aliphatic carbocycles. The molecule has 2 aromatic carbocycles. The molecule has 0 aromatic heterocycles. The van der Waals surface area contributed by atoms with Crippen molar-refractivity contribution in [1.82, 2.24) is 5.32 Å². The van der Waals surface area contributed by atoms with Crippen LogP contribution in [0.4, 0.5) is 10.1 Å². The van der Waals surface area contributed by atoms with Crippen LogP contribution in [0.3, 0.4) is 0 Å². The number of amides is 1. The van der Waals surface area contributed by atoms with Crippen molar-refractivity contribution in [3.8, 4) is 0 Å². The van der Waals surface area contributed by atoms with Crippen LogP contribution in [0.2, 0.25) is 0 Å². The van der Waals surface area contributed by atoms with Crippen LogP contribution in [0.1, 0.15) is 42.2 Å². The van der Waals surface area contributed by atoms with Crippen molar-refractivity contribution in [3.05, 3.63) is 65.5 Å². The molecule has 5 nitrogen and oxygen atoms in total. The van der Waals surface area contributed by atoms with Crippen LogP contribution in [0.15, 0.2) is 48.5 Å². The molecule has 144 valence electrons. The number of carbonyl (C=O) groups excluding carboxylic acids is 1. The number of carbonyl (C=O) groups is 1. The quantitative estimate of drug-likeness (QED) is 0.850. The summed E-state index contributed by atoms with van der Waals surface area (Å²) in [5.41, 5.74) is 1.71. The monoisotopic (exact) mass is 390 g/mol. The lowest BCUT2D eigenvalue weighted by Gasteiger charge is -2.23. The van der Waals surface area contributed by atoms with Gasteiger partial charge < -0.3 is 5.32 Å². The van der Waals surface area contributed by atoms with E-state index in [0.717, 1.165) is 5.56 Å². The molecule has 1 aliphatic rings. The Labute approximate surface area is 159 Å². The fourth-order valence-corrected chi connectivity index (χ4v) is 4.82. The third-order valence-electron chi connectivity index (χ3n) is 4.68. The second kappa shape index (κ2) is 7.68. The normalized spacial score (nSPS) is 17.1. The third-order valence-corrected chi connectivity index (χ3v) is 6.55. The van der Waals surface area contributed by atoms with Crippen LogP contribution >= 0.6 is 0 Å². The number of halogens is 1. The standard InChI is InChI=1S/C20H23FN2O3S/c1-14(2)19(15-7-9-17(21)10-8-15)22-20(24)16-5-3-6-18(13-16)23-11-4-12-27(23,25)26/h3,5-10,13-14,19H,4,11-12H2,1-2H3,(H,22,24)/t19-/m0/s1. The number of sulfonamides is 1. The highest BCUT2D eigenvalue weighted by Crippen LogP contribution is 2.26. The van der Waals surface area contributed by atoms with Gasteiger partial charge in [-0.15, -0.1) is 0 Å². The molecule has 27 heavy (non-hydrogen) atoms. The van der Waals surface area contributed by atoms with Gasteiger partial charge >= 0.3 is 0 Å². The summed E-state index contributed by atoms with van der Waals surface area (Å²) in [7, 11) is -3.30. The Bertz CT molecular complexity index is 926. The molecule has 1 saturated heterocycles. The Morgan fingerprint density at radius 1 is 1.15 bits per heavy atom. The first-order chi connectivity index (χ1) is 12.8. The molecular formula is C20H23FN2O3S. The summed E-state index contributed by atoms with van der Waals surface area (Å²) in [4.78, 5) is 12.8. The van der Waals surface area contributed by atoms with E-state index < -0.39 is 10.0 Å². The summed E-state index contributed by atoms with van der Waals surface area (Å²) in [6, 6.07) is 12.4. The van der Waals surface area contributed by atoms with Gasteiger partial charge in [-0.3, -0.25) is 9.10 Å². The number of hydrogen-bond acceptors (Lipinski definition) is 3. The smallest absolute Gasteiger partial charge is 0.251 e. The SMILES string of the molecule is CC(C)[C@H](NC(=O)c1cccc(N2CCCS2(=O)=O)c1)c1ccc(F)cc1. The number of hydrogen-bond donors (Lipinski definition) is 1. The summed E-state index contributed by atoms with van der Waals surface area (Å²) in [5.74, 6) is -0.395. The van der Waals surface area contributed by atoms with E-state index in [4.69, 9.17) is 0 Å². The lowest BCUT2D eigenvalue weighted by molar-refractivity contribution is 0.0925. The zero-order valence-electron chi connectivity index (χ0n) is 15.4. The van der Waals surface area contributed by atoms with Crippen LogP contribution in [0.25, 0.3) is 0 Å². The maximum Gasteiger partial charge on any atom is 0.251 e. The summed E-state index contributed by atoms with van der Waals surface area (Å²) in [6.07, 6.45) is 0.582. The lowest BCUT2D eigenvalue weighted by Crippen LogP contribution is -2.32. The van der Waals surface area contributed by atoms with Gasteiger partial charge in [0, 0.05) is 12.1 Å². The van der Waals surface area contributed by atoms with Gasteiger partial charge in [-0.05, 0) is 48.2 Å². The van der Waals surface area contributed by atoms with E-state index in [-0.39, 0.29) is 29.4 Å². The molecule has 0 radical (unpaired) electrons. The predicted molar refractivity (Wildman–Crippen MR) is 104 cm³/mol. The number of benzene rings is 2. The van der Waals surface area contributed by atoms with E-state index in [1.54, 1.807) is 36.4 Å². The van der Waals surface area contributed by atoms with Crippen molar-refractivity contribution in [2.75, 3.05) is 16.6 Å². The number of nitrogens with one attached hydrogen (secondary N) is 1. The molecule has 1 fully saturated rings. The maximum atomic E-state index is 13.2. The number of rotatable bonds is 5. The molecule has 1 heterocycles. The molecular weight excluding hydrogens is 367 g/mol. The maximum absolute atomic E-state index is 13.2. The molecule has 2 aromatic rings. The highest BCUT2D eigenvalue weighted by molar-refractivity contribution is 7.93. The topological polar surface area (TPSA) is 66.5 Å². The molecule has 0 saturated carbocycles. The predicted octanol–water partition coefficient (Wildman–Crippen LogP) is 3.49. The van der Waals surface area contributed by atoms with Gasteiger partial charge in [-0.1, -0.05) is 32.0 Å². The summed E-state index contributed by atoms with van der Waals surface area (Å²) >= 11 is 0. The molecule has 0 bridgehead atoms. The van der Waals surface area contributed by atoms with Crippen molar-refractivity contribution in [2.24, 2.45) is 5.92 Å². The van der Waals surface area contributed by atoms with E-state index >= 15 is 0 Å². The van der Waals surface area contributed by atoms with Gasteiger partial charge in [-0.25, -0.2) is 12.8 Å². The second-order valence-corrected chi connectivity index (χ2v) is 9.05. The van der Waals surface area contributed by atoms with Crippen LogP contribution < -0.4 is 9.62 Å². The van der Waals surface area contributed by atoms with E-state index in [9.17, 15) is 17.6 Å². The Balaban J connectivity index is 1.82. The van der Waals surface area contributed by atoms with Crippen molar-refractivity contribution in [2.45, 2.75) is 26.3 Å². The van der Waals surface area contributed by atoms with Crippen molar-refractivity contribution in [1.29, 1.82) is 0 Å². The van der Waals surface area contributed by atoms with Crippen LogP contribution in [-0.2, 0) is 10.0 Å². The Morgan fingerprint density at radius 3 is 2.44 bits per heavy atom. The first-order valence-electron chi connectivity index (χ1n) is 8.95. The minimum absolute atomic E-state index is 0.0987. The highest BCUT2D eigenvalue weighted by atomic mass is 32.2. The first-order valence-corrected chi connectivity index (χ1v) is 10.6. The largest absolute Gasteiger partial charge is 0.345 e. The lowest BCUT2D eigenvalue weighted by atomic mass is 9.95. The zero-order chi connectivity index (χ0) is 19.6. The van der Waals surface area contributed by atoms with Crippen LogP contribution in [0.5, 0.6) is 0 Å². The third kappa shape index (κ3) is 4.30. The fourth-order valence-electron chi connectivity index (χ4n) is 3.26. The van der Waals surface area contributed by atoms with Crippen molar-refractivity contribution in [3.63, 3.8) is 0 Å². The van der Waals surface area contributed by atoms with Crippen molar-refractivity contribution >= 4 is 21.6 Å². The van der Waals surface area contributed by atoms with E-state index in [1.807, 2.05) is 13.8 Å². The van der Waals surface area contributed by atoms with Gasteiger partial charge in [0.2, 0.25) is 10.0 Å². The van der Waals surface area contributed by atoms with E-state index in [1.165, 1.54) is 16.4 Å². The Morgan fingerprint density at radius 2 is 1.85 bits per heavy atom. The second-order valence-electron chi connectivity index (χ2n) is 7.04. The molecule has 0 unspecified atom stereocenters. The van der Waals surface area contributed by atoms with Gasteiger partial charge in [0.05, 0.1) is 17.5 Å². The average molecular weight is 390 g/mol. The van der Waals surface area contributed by atoms with Gasteiger partial charge in [-0.2, -0.15) is 0 Å². The Hall–Kier alpha value is -2.41. The summed E-state index contributed by atoms with van der Waals surface area (Å²) in [6.45, 7) is 4.38. The minimum atomic E-state index is -3.30. The molecule has 1 N–H and O–H groups in total. The van der Waals surface area contributed by atoms with Crippen LogP contribution in [0, 0.1) is 11.7 Å². The average Bonchev–Trinajstić information content (AvgIpc) is 2.99. The van der Waals surface area contributed by atoms with E-state index in [2.05, 4.69) is 5.32 Å². The van der Waals surface area contributed by atoms with Gasteiger partial charge in [0.15, 0.2) is 0 Å². The molecule has 1 atom stereocenters. The number of nitrogens with zero attached hydrogens (tertiary/aromatic N) is 1. The fraction of sp³-hybridized carbons (Fsp3) is 0.350. The molecule has 0 spiro atoms. The Kier molecular flexibility index (Phi) is 5.51. The summed E-state index contributed by atoms with van der Waals surface area (Å²) in [5, 5.41) is 2.98. The van der Waals surface area contributed by atoms with Gasteiger partial charge in [0.1, 0.15) is 5.82 Å². The highest BCUT2D eigenvalue weighted by Gasteiger charge is 2.29. The van der Waals surface area contributed by atoms with Crippen LogP contribution in [-0.4, -0.2) is 26.6 Å². The zero-order valence-corrected chi connectivity index (χ0v) is 16.2. The molecule has 1 aliphatic heterocycles. The molecule has 3 rings (SSSR count). The molecule has 1 amide bonds. The molecule has 7 heteroatoms. The van der Waals surface area contributed by atoms with Crippen molar-refractivity contribution < 1.29 is 17.6 Å².